The Morgan fingerprint density at radius 3 is 2.67 bits per heavy atom. The van der Waals surface area contributed by atoms with Gasteiger partial charge in [-0.25, -0.2) is 14.6 Å². The lowest BCUT2D eigenvalue weighted by Gasteiger charge is -2.11. The molecule has 0 radical (unpaired) electrons. The molecule has 6 nitrogen and oxygen atoms in total. The first kappa shape index (κ1) is 15.8. The number of ether oxygens (including phenoxy) is 1. The minimum atomic E-state index is -0.515. The second-order valence-corrected chi connectivity index (χ2v) is 5.63. The summed E-state index contributed by atoms with van der Waals surface area (Å²) in [6.45, 7) is 13.3. The van der Waals surface area contributed by atoms with Crippen LogP contribution in [-0.4, -0.2) is 17.3 Å². The van der Waals surface area contributed by atoms with E-state index >= 15 is 0 Å². The van der Waals surface area contributed by atoms with Gasteiger partial charge in [-0.1, -0.05) is 35.9 Å². The number of hydrogen-bond donors (Lipinski definition) is 1. The molecular formula is C18H18N4O2. The summed E-state index contributed by atoms with van der Waals surface area (Å²) < 4.78 is 6.87. The zero-order valence-corrected chi connectivity index (χ0v) is 13.8. The second-order valence-electron chi connectivity index (χ2n) is 5.63. The molecule has 2 aromatic rings. The molecule has 0 saturated carbocycles. The van der Waals surface area contributed by atoms with Crippen LogP contribution in [0.1, 0.15) is 42.9 Å². The van der Waals surface area contributed by atoms with Gasteiger partial charge < -0.3 is 4.74 Å². The highest BCUT2D eigenvalue weighted by Gasteiger charge is 2.29. The molecule has 0 spiro atoms. The van der Waals surface area contributed by atoms with E-state index in [-0.39, 0.29) is 24.0 Å². The highest BCUT2D eigenvalue weighted by Crippen LogP contribution is 2.21. The van der Waals surface area contributed by atoms with Crippen LogP contribution in [-0.2, 0) is 4.74 Å². The summed E-state index contributed by atoms with van der Waals surface area (Å²) in [5, 5.41) is 0.672. The van der Waals surface area contributed by atoms with E-state index in [1.807, 2.05) is 44.2 Å². The molecule has 1 aromatic heterocycles. The summed E-state index contributed by atoms with van der Waals surface area (Å²) in [4.78, 5) is 20.6. The zero-order chi connectivity index (χ0) is 17.3. The van der Waals surface area contributed by atoms with Crippen LogP contribution in [0.2, 0.25) is 0 Å². The predicted octanol–water partition coefficient (Wildman–Crippen LogP) is 2.28. The monoisotopic (exact) mass is 322 g/mol. The van der Waals surface area contributed by atoms with Crippen LogP contribution in [0.25, 0.3) is 10.4 Å². The number of carbonyl (C=O) groups excluding carboxylic acids is 1. The molecule has 1 aliphatic rings. The lowest BCUT2D eigenvalue weighted by Crippen LogP contribution is -2.32. The Bertz CT molecular complexity index is 948. The molecule has 122 valence electrons. The predicted molar refractivity (Wildman–Crippen MR) is 90.7 cm³/mol. The molecule has 6 heteroatoms. The van der Waals surface area contributed by atoms with E-state index in [9.17, 15) is 4.79 Å². The third-order valence-electron chi connectivity index (χ3n) is 3.80. The number of aromatic nitrogens is 1. The Balaban J connectivity index is 2.26. The number of hydrogen-bond acceptors (Lipinski definition) is 4. The van der Waals surface area contributed by atoms with Gasteiger partial charge in [-0.2, -0.15) is 0 Å². The minimum Gasteiger partial charge on any atom is -0.463 e. The van der Waals surface area contributed by atoms with Gasteiger partial charge in [-0.15, -0.1) is 0 Å². The molecule has 3 rings (SSSR count). The Hall–Kier alpha value is -3.07. The van der Waals surface area contributed by atoms with Gasteiger partial charge in [-0.3, -0.25) is 10.1 Å². The Morgan fingerprint density at radius 1 is 1.38 bits per heavy atom. The maximum Gasteiger partial charge on any atom is 0.331 e. The molecule has 0 saturated heterocycles. The van der Waals surface area contributed by atoms with Crippen molar-refractivity contribution < 1.29 is 9.53 Å². The molecule has 0 amide bonds. The summed E-state index contributed by atoms with van der Waals surface area (Å²) >= 11 is 0. The van der Waals surface area contributed by atoms with Crippen LogP contribution >= 0.6 is 0 Å². The number of fused-ring (bicyclic) bond motifs is 1. The summed E-state index contributed by atoms with van der Waals surface area (Å²) in [6, 6.07) is 9.75. The fourth-order valence-electron chi connectivity index (χ4n) is 2.81. The molecule has 0 aliphatic carbocycles. The highest BCUT2D eigenvalue weighted by atomic mass is 16.5. The smallest absolute Gasteiger partial charge is 0.331 e. The summed E-state index contributed by atoms with van der Waals surface area (Å²) in [5.41, 5.74) is 6.14. The van der Waals surface area contributed by atoms with Gasteiger partial charge in [0.1, 0.15) is 5.56 Å². The molecular weight excluding hydrogens is 304 g/mol. The number of carbonyl (C=O) groups is 1. The minimum absolute atomic E-state index is 0.231. The number of nitrogens with one attached hydrogen (secondary N) is 1. The van der Waals surface area contributed by atoms with E-state index in [1.165, 1.54) is 0 Å². The first-order valence-corrected chi connectivity index (χ1v) is 7.74. The molecule has 1 unspecified atom stereocenters. The first-order chi connectivity index (χ1) is 11.6. The molecule has 24 heavy (non-hydrogen) atoms. The van der Waals surface area contributed by atoms with Gasteiger partial charge in [0, 0.05) is 0 Å². The highest BCUT2D eigenvalue weighted by molar-refractivity contribution is 5.96. The van der Waals surface area contributed by atoms with Crippen LogP contribution < -0.4 is 16.3 Å². The van der Waals surface area contributed by atoms with Crippen molar-refractivity contribution in [1.82, 2.24) is 4.68 Å². The Labute approximate surface area is 139 Å². The standard InChI is InChI=1S/C18H18N4O2/c1-5-24-18(23)13-14(19-4)15(11(2)3)22-17(13)20-16(21-22)12-9-7-6-8-10-12/h6-10,16,21H,5H2,1-3H3. The van der Waals surface area contributed by atoms with Gasteiger partial charge >= 0.3 is 5.97 Å². The largest absolute Gasteiger partial charge is 0.463 e. The normalized spacial score (nSPS) is 15.0. The van der Waals surface area contributed by atoms with E-state index in [2.05, 4.69) is 15.3 Å². The lowest BCUT2D eigenvalue weighted by molar-refractivity contribution is 0.0526. The molecule has 0 bridgehead atoms. The SMILES string of the molecule is [C-]#[N+]c1c(C(=O)OCC)c2n(c1=C(C)C)NC(c1ccccc1)N=2. The Morgan fingerprint density at radius 2 is 2.08 bits per heavy atom. The molecule has 1 aliphatic heterocycles. The average molecular weight is 322 g/mol. The summed E-state index contributed by atoms with van der Waals surface area (Å²) in [5.74, 6) is -0.515. The average Bonchev–Trinajstić information content (AvgIpc) is 3.11. The van der Waals surface area contributed by atoms with E-state index in [0.29, 0.717) is 10.8 Å². The van der Waals surface area contributed by atoms with E-state index < -0.39 is 5.97 Å². The van der Waals surface area contributed by atoms with E-state index in [4.69, 9.17) is 11.3 Å². The van der Waals surface area contributed by atoms with Crippen LogP contribution in [0.15, 0.2) is 35.3 Å². The lowest BCUT2D eigenvalue weighted by atomic mass is 10.2. The molecule has 1 atom stereocenters. The summed E-state index contributed by atoms with van der Waals surface area (Å²) in [7, 11) is 0. The molecule has 2 heterocycles. The third kappa shape index (κ3) is 2.44. The number of esters is 1. The number of benzene rings is 1. The number of nitrogens with zero attached hydrogens (tertiary/aromatic N) is 3. The molecule has 1 N–H and O–H groups in total. The van der Waals surface area contributed by atoms with Gasteiger partial charge in [-0.05, 0) is 26.3 Å². The van der Waals surface area contributed by atoms with Crippen LogP contribution in [0.5, 0.6) is 0 Å². The van der Waals surface area contributed by atoms with Crippen molar-refractivity contribution in [2.75, 3.05) is 12.0 Å². The van der Waals surface area contributed by atoms with Crippen molar-refractivity contribution in [3.8, 4) is 0 Å². The fraction of sp³-hybridized carbons (Fsp3) is 0.278. The number of rotatable bonds is 3. The fourth-order valence-corrected chi connectivity index (χ4v) is 2.81. The second kappa shape index (κ2) is 6.20. The van der Waals surface area contributed by atoms with Crippen LogP contribution in [0, 0.1) is 6.57 Å². The van der Waals surface area contributed by atoms with Gasteiger partial charge in [0.25, 0.3) is 0 Å². The van der Waals surface area contributed by atoms with Gasteiger partial charge in [0.15, 0.2) is 11.7 Å². The topological polar surface area (TPSA) is 60.0 Å². The van der Waals surface area contributed by atoms with Gasteiger partial charge in [0.05, 0.1) is 18.5 Å². The maximum atomic E-state index is 12.4. The van der Waals surface area contributed by atoms with E-state index in [0.717, 1.165) is 11.1 Å². The quantitative estimate of drug-likeness (QED) is 0.697. The Kier molecular flexibility index (Phi) is 4.09. The van der Waals surface area contributed by atoms with Crippen LogP contribution in [0.3, 0.4) is 0 Å². The van der Waals surface area contributed by atoms with Crippen molar-refractivity contribution >= 4 is 17.2 Å². The third-order valence-corrected chi connectivity index (χ3v) is 3.80. The van der Waals surface area contributed by atoms with Crippen LogP contribution in [0.4, 0.5) is 5.69 Å². The van der Waals surface area contributed by atoms with Crippen molar-refractivity contribution in [2.45, 2.75) is 26.9 Å². The van der Waals surface area contributed by atoms with E-state index in [1.54, 1.807) is 11.6 Å². The summed E-state index contributed by atoms with van der Waals surface area (Å²) in [6.07, 6.45) is -0.299. The first-order valence-electron chi connectivity index (χ1n) is 7.74. The van der Waals surface area contributed by atoms with Crippen molar-refractivity contribution in [2.24, 2.45) is 4.99 Å². The molecule has 0 fully saturated rings. The van der Waals surface area contributed by atoms with Gasteiger partial charge in [0.2, 0.25) is 5.69 Å². The van der Waals surface area contributed by atoms with Crippen molar-refractivity contribution in [1.29, 1.82) is 0 Å². The van der Waals surface area contributed by atoms with Crippen molar-refractivity contribution in [3.05, 3.63) is 63.7 Å². The molecule has 1 aromatic carbocycles. The zero-order valence-electron chi connectivity index (χ0n) is 13.8. The van der Waals surface area contributed by atoms with Crippen molar-refractivity contribution in [3.63, 3.8) is 0 Å². The maximum absolute atomic E-state index is 12.4.